The van der Waals surface area contributed by atoms with Crippen molar-refractivity contribution in [2.45, 2.75) is 33.2 Å². The monoisotopic (exact) mass is 449 g/mol. The Morgan fingerprint density at radius 2 is 2.11 bits per heavy atom. The Kier molecular flexibility index (Phi) is 5.61. The maximum absolute atomic E-state index is 12.5. The van der Waals surface area contributed by atoms with E-state index in [2.05, 4.69) is 26.0 Å². The van der Waals surface area contributed by atoms with Crippen LogP contribution in [0.15, 0.2) is 22.1 Å². The molecule has 0 aliphatic heterocycles. The van der Waals surface area contributed by atoms with Crippen LogP contribution in [0.3, 0.4) is 0 Å². The largest absolute Gasteiger partial charge is 0.365 e. The molecule has 2 amide bonds. The minimum Gasteiger partial charge on any atom is -0.365 e. The van der Waals surface area contributed by atoms with Gasteiger partial charge in [0.2, 0.25) is 5.91 Å². The van der Waals surface area contributed by atoms with Gasteiger partial charge in [-0.25, -0.2) is 9.50 Å². The molecule has 0 unspecified atom stereocenters. The Bertz CT molecular complexity index is 1030. The van der Waals surface area contributed by atoms with Crippen LogP contribution >= 0.6 is 27.3 Å². The summed E-state index contributed by atoms with van der Waals surface area (Å²) in [5.74, 6) is -0.488. The van der Waals surface area contributed by atoms with E-state index in [-0.39, 0.29) is 5.91 Å². The Hall–Kier alpha value is -2.26. The quantitative estimate of drug-likeness (QED) is 0.625. The van der Waals surface area contributed by atoms with Gasteiger partial charge in [0.05, 0.1) is 12.7 Å². The summed E-state index contributed by atoms with van der Waals surface area (Å²) >= 11 is 5.05. The zero-order valence-electron chi connectivity index (χ0n) is 15.3. The van der Waals surface area contributed by atoms with Crippen molar-refractivity contribution in [2.24, 2.45) is 5.73 Å². The SMILES string of the molecule is Cc1nc2c(C(N)=O)cnn2c(C)c1CCC(=O)N(C)Cc1cc(Br)cs1. The zero-order chi connectivity index (χ0) is 19.7. The van der Waals surface area contributed by atoms with E-state index in [1.54, 1.807) is 20.8 Å². The fourth-order valence-corrected chi connectivity index (χ4v) is 4.53. The molecule has 0 saturated carbocycles. The fourth-order valence-electron chi connectivity index (χ4n) is 3.03. The second kappa shape index (κ2) is 7.77. The van der Waals surface area contributed by atoms with Crippen LogP contribution in [0.5, 0.6) is 0 Å². The van der Waals surface area contributed by atoms with Crippen molar-refractivity contribution in [1.82, 2.24) is 19.5 Å². The first-order chi connectivity index (χ1) is 12.8. The normalized spacial score (nSPS) is 11.1. The first-order valence-corrected chi connectivity index (χ1v) is 10.1. The van der Waals surface area contributed by atoms with E-state index in [0.717, 1.165) is 26.3 Å². The summed E-state index contributed by atoms with van der Waals surface area (Å²) in [6.07, 6.45) is 2.37. The summed E-state index contributed by atoms with van der Waals surface area (Å²) in [5.41, 5.74) is 8.73. The van der Waals surface area contributed by atoms with Gasteiger partial charge in [0.15, 0.2) is 5.65 Å². The number of amides is 2. The molecule has 9 heteroatoms. The number of carbonyl (C=O) groups excluding carboxylic acids is 2. The molecular formula is C18H20BrN5O2S. The van der Waals surface area contributed by atoms with Crippen molar-refractivity contribution in [2.75, 3.05) is 7.05 Å². The molecule has 0 fully saturated rings. The summed E-state index contributed by atoms with van der Waals surface area (Å²) in [7, 11) is 1.81. The minimum absolute atomic E-state index is 0.0664. The van der Waals surface area contributed by atoms with E-state index in [0.29, 0.717) is 30.6 Å². The molecule has 0 bridgehead atoms. The average Bonchev–Trinajstić information content (AvgIpc) is 3.20. The van der Waals surface area contributed by atoms with E-state index in [4.69, 9.17) is 5.73 Å². The van der Waals surface area contributed by atoms with Crippen molar-refractivity contribution in [1.29, 1.82) is 0 Å². The maximum atomic E-state index is 12.5. The van der Waals surface area contributed by atoms with E-state index < -0.39 is 5.91 Å². The molecule has 7 nitrogen and oxygen atoms in total. The number of nitrogens with two attached hydrogens (primary N) is 1. The fraction of sp³-hybridized carbons (Fsp3) is 0.333. The second-order valence-corrected chi connectivity index (χ2v) is 8.31. The Labute approximate surface area is 169 Å². The van der Waals surface area contributed by atoms with Gasteiger partial charge >= 0.3 is 0 Å². The molecule has 0 aliphatic rings. The lowest BCUT2D eigenvalue weighted by Gasteiger charge is -2.17. The van der Waals surface area contributed by atoms with Crippen molar-refractivity contribution in [3.05, 3.63) is 49.5 Å². The third-order valence-electron chi connectivity index (χ3n) is 4.50. The summed E-state index contributed by atoms with van der Waals surface area (Å²) in [6, 6.07) is 2.02. The lowest BCUT2D eigenvalue weighted by Crippen LogP contribution is -2.26. The molecule has 27 heavy (non-hydrogen) atoms. The molecule has 0 atom stereocenters. The molecular weight excluding hydrogens is 430 g/mol. The molecule has 142 valence electrons. The zero-order valence-corrected chi connectivity index (χ0v) is 17.7. The average molecular weight is 450 g/mol. The van der Waals surface area contributed by atoms with Crippen LogP contribution in [0, 0.1) is 13.8 Å². The number of nitrogens with zero attached hydrogens (tertiary/aromatic N) is 4. The van der Waals surface area contributed by atoms with Crippen molar-refractivity contribution < 1.29 is 9.59 Å². The van der Waals surface area contributed by atoms with E-state index in [1.807, 2.05) is 32.3 Å². The minimum atomic E-state index is -0.555. The Morgan fingerprint density at radius 3 is 2.74 bits per heavy atom. The van der Waals surface area contributed by atoms with Gasteiger partial charge in [0.25, 0.3) is 5.91 Å². The molecule has 0 aliphatic carbocycles. The lowest BCUT2D eigenvalue weighted by atomic mass is 10.1. The second-order valence-electron chi connectivity index (χ2n) is 6.40. The summed E-state index contributed by atoms with van der Waals surface area (Å²) in [5, 5.41) is 6.22. The smallest absolute Gasteiger partial charge is 0.254 e. The first kappa shape index (κ1) is 19.5. The molecule has 2 N–H and O–H groups in total. The van der Waals surface area contributed by atoms with Crippen molar-refractivity contribution >= 4 is 44.7 Å². The molecule has 3 rings (SSSR count). The number of aromatic nitrogens is 3. The van der Waals surface area contributed by atoms with Crippen molar-refractivity contribution in [3.8, 4) is 0 Å². The number of rotatable bonds is 6. The number of primary amides is 1. The van der Waals surface area contributed by atoms with Crippen LogP contribution in [-0.2, 0) is 17.8 Å². The molecule has 3 aromatic heterocycles. The molecule has 3 aromatic rings. The predicted octanol–water partition coefficient (Wildman–Crippen LogP) is 2.86. The van der Waals surface area contributed by atoms with E-state index in [1.165, 1.54) is 6.20 Å². The number of aryl methyl sites for hydroxylation is 2. The van der Waals surface area contributed by atoms with Gasteiger partial charge in [-0.05, 0) is 47.8 Å². The molecule has 0 radical (unpaired) electrons. The van der Waals surface area contributed by atoms with Gasteiger partial charge in [0.1, 0.15) is 5.56 Å². The summed E-state index contributed by atoms with van der Waals surface area (Å²) < 4.78 is 2.64. The maximum Gasteiger partial charge on any atom is 0.254 e. The molecule has 0 aromatic carbocycles. The van der Waals surface area contributed by atoms with Gasteiger partial charge in [0, 0.05) is 39.6 Å². The highest BCUT2D eigenvalue weighted by Crippen LogP contribution is 2.22. The van der Waals surface area contributed by atoms with Gasteiger partial charge in [-0.1, -0.05) is 0 Å². The van der Waals surface area contributed by atoms with E-state index >= 15 is 0 Å². The summed E-state index contributed by atoms with van der Waals surface area (Å²) in [6.45, 7) is 4.37. The standard InChI is InChI=1S/C18H20BrN5O2S/c1-10-14(11(2)24-18(22-10)15(7-21-24)17(20)26)4-5-16(25)23(3)8-13-6-12(19)9-27-13/h6-7,9H,4-5,8H2,1-3H3,(H2,20,26). The van der Waals surface area contributed by atoms with Crippen LogP contribution in [0.2, 0.25) is 0 Å². The number of fused-ring (bicyclic) bond motifs is 1. The van der Waals surface area contributed by atoms with Crippen LogP contribution in [0.1, 0.15) is 38.6 Å². The number of hydrogen-bond donors (Lipinski definition) is 1. The molecule has 0 spiro atoms. The Morgan fingerprint density at radius 1 is 1.37 bits per heavy atom. The number of hydrogen-bond acceptors (Lipinski definition) is 5. The highest BCUT2D eigenvalue weighted by molar-refractivity contribution is 9.10. The molecule has 0 saturated heterocycles. The van der Waals surface area contributed by atoms with Crippen LogP contribution < -0.4 is 5.73 Å². The number of halogens is 1. The first-order valence-electron chi connectivity index (χ1n) is 8.38. The van der Waals surface area contributed by atoms with Crippen LogP contribution in [0.4, 0.5) is 0 Å². The van der Waals surface area contributed by atoms with Gasteiger partial charge in [-0.3, -0.25) is 9.59 Å². The van der Waals surface area contributed by atoms with Gasteiger partial charge in [-0.15, -0.1) is 11.3 Å². The van der Waals surface area contributed by atoms with Crippen molar-refractivity contribution in [3.63, 3.8) is 0 Å². The third-order valence-corrected chi connectivity index (χ3v) is 6.19. The van der Waals surface area contributed by atoms with E-state index in [9.17, 15) is 9.59 Å². The predicted molar refractivity (Wildman–Crippen MR) is 108 cm³/mol. The van der Waals surface area contributed by atoms with Crippen LogP contribution in [0.25, 0.3) is 5.65 Å². The molecule has 3 heterocycles. The Balaban J connectivity index is 1.74. The third kappa shape index (κ3) is 4.03. The highest BCUT2D eigenvalue weighted by Gasteiger charge is 2.18. The lowest BCUT2D eigenvalue weighted by molar-refractivity contribution is -0.130. The van der Waals surface area contributed by atoms with Crippen LogP contribution in [-0.4, -0.2) is 38.4 Å². The number of thiophene rings is 1. The number of carbonyl (C=O) groups is 2. The summed E-state index contributed by atoms with van der Waals surface area (Å²) in [4.78, 5) is 31.4. The van der Waals surface area contributed by atoms with Gasteiger partial charge < -0.3 is 10.6 Å². The topological polar surface area (TPSA) is 93.6 Å². The van der Waals surface area contributed by atoms with Gasteiger partial charge in [-0.2, -0.15) is 5.10 Å². The highest BCUT2D eigenvalue weighted by atomic mass is 79.9.